The third kappa shape index (κ3) is 5.32. The van der Waals surface area contributed by atoms with Crippen molar-refractivity contribution in [3.8, 4) is 0 Å². The van der Waals surface area contributed by atoms with Crippen LogP contribution in [0.15, 0.2) is 42.5 Å². The number of amides is 1. The topological polar surface area (TPSA) is 84.5 Å². The van der Waals surface area contributed by atoms with Crippen LogP contribution in [0, 0.1) is 0 Å². The number of ether oxygens (including phenoxy) is 1. The van der Waals surface area contributed by atoms with Gasteiger partial charge in [-0.25, -0.2) is 4.79 Å². The summed E-state index contributed by atoms with van der Waals surface area (Å²) in [6.45, 7) is 1.79. The Labute approximate surface area is 156 Å². The molecular weight excluding hydrogens is 356 g/mol. The number of halogens is 1. The monoisotopic (exact) mass is 374 g/mol. The van der Waals surface area contributed by atoms with Gasteiger partial charge in [-0.2, -0.15) is 0 Å². The van der Waals surface area contributed by atoms with Crippen LogP contribution in [0.25, 0.3) is 0 Å². The number of ketones is 1. The summed E-state index contributed by atoms with van der Waals surface area (Å²) < 4.78 is 4.67. The van der Waals surface area contributed by atoms with E-state index in [0.29, 0.717) is 34.1 Å². The van der Waals surface area contributed by atoms with Gasteiger partial charge in [0.2, 0.25) is 5.91 Å². The first-order valence-corrected chi connectivity index (χ1v) is 8.31. The fraction of sp³-hybridized carbons (Fsp3) is 0.211. The second-order valence-corrected chi connectivity index (χ2v) is 5.96. The van der Waals surface area contributed by atoms with Crippen LogP contribution in [0.5, 0.6) is 0 Å². The van der Waals surface area contributed by atoms with Crippen molar-refractivity contribution in [3.05, 3.63) is 58.6 Å². The average molecular weight is 375 g/mol. The van der Waals surface area contributed by atoms with Crippen LogP contribution >= 0.6 is 11.6 Å². The van der Waals surface area contributed by atoms with E-state index in [9.17, 15) is 14.4 Å². The fourth-order valence-corrected chi connectivity index (χ4v) is 2.44. The molecule has 6 nitrogen and oxygen atoms in total. The van der Waals surface area contributed by atoms with Crippen molar-refractivity contribution in [2.45, 2.75) is 13.3 Å². The molecule has 0 aromatic heterocycles. The lowest BCUT2D eigenvalue weighted by Crippen LogP contribution is -2.16. The first-order valence-electron chi connectivity index (χ1n) is 7.93. The molecule has 0 saturated heterocycles. The zero-order valence-electron chi connectivity index (χ0n) is 14.5. The lowest BCUT2D eigenvalue weighted by molar-refractivity contribution is -0.115. The van der Waals surface area contributed by atoms with E-state index in [1.165, 1.54) is 14.0 Å². The predicted molar refractivity (Wildman–Crippen MR) is 101 cm³/mol. The third-order valence-corrected chi connectivity index (χ3v) is 3.94. The minimum Gasteiger partial charge on any atom is -0.465 e. The first kappa shape index (κ1) is 19.5. The number of carbonyl (C=O) groups excluding carboxylic acids is 3. The molecule has 0 saturated carbocycles. The molecule has 0 bridgehead atoms. The van der Waals surface area contributed by atoms with E-state index in [0.717, 1.165) is 0 Å². The molecule has 0 unspecified atom stereocenters. The zero-order valence-corrected chi connectivity index (χ0v) is 15.2. The third-order valence-electron chi connectivity index (χ3n) is 3.61. The Hall–Kier alpha value is -2.86. The molecule has 0 heterocycles. The Kier molecular flexibility index (Phi) is 6.74. The van der Waals surface area contributed by atoms with Crippen LogP contribution in [-0.2, 0) is 9.53 Å². The van der Waals surface area contributed by atoms with Gasteiger partial charge in [-0.1, -0.05) is 23.7 Å². The molecule has 1 amide bonds. The number of Topliss-reactive ketones (excluding diaryl/α,β-unsaturated/α-hetero) is 1. The van der Waals surface area contributed by atoms with Crippen LogP contribution in [0.2, 0.25) is 5.02 Å². The predicted octanol–water partition coefficient (Wildman–Crippen LogP) is 3.77. The van der Waals surface area contributed by atoms with Gasteiger partial charge in [-0.3, -0.25) is 9.59 Å². The van der Waals surface area contributed by atoms with Crippen molar-refractivity contribution in [1.29, 1.82) is 0 Å². The SMILES string of the molecule is COC(=O)c1ccc(Cl)c(NCCC(=O)Nc2cccc(C(C)=O)c2)c1. The number of hydrogen-bond acceptors (Lipinski definition) is 5. The molecule has 2 rings (SSSR count). The van der Waals surface area contributed by atoms with E-state index in [1.807, 2.05) is 0 Å². The van der Waals surface area contributed by atoms with Gasteiger partial charge >= 0.3 is 5.97 Å². The Morgan fingerprint density at radius 2 is 1.85 bits per heavy atom. The van der Waals surface area contributed by atoms with Crippen LogP contribution < -0.4 is 10.6 Å². The van der Waals surface area contributed by atoms with Crippen LogP contribution in [0.4, 0.5) is 11.4 Å². The van der Waals surface area contributed by atoms with Crippen LogP contribution in [0.1, 0.15) is 34.1 Å². The summed E-state index contributed by atoms with van der Waals surface area (Å²) >= 11 is 6.09. The number of methoxy groups -OCH3 is 1. The smallest absolute Gasteiger partial charge is 0.337 e. The first-order chi connectivity index (χ1) is 12.4. The molecule has 7 heteroatoms. The number of anilines is 2. The van der Waals surface area contributed by atoms with E-state index in [4.69, 9.17) is 11.6 Å². The maximum absolute atomic E-state index is 12.0. The fourth-order valence-electron chi connectivity index (χ4n) is 2.26. The van der Waals surface area contributed by atoms with Gasteiger partial charge in [0.25, 0.3) is 0 Å². The molecule has 136 valence electrons. The maximum Gasteiger partial charge on any atom is 0.337 e. The van der Waals surface area contributed by atoms with E-state index >= 15 is 0 Å². The van der Waals surface area contributed by atoms with Gasteiger partial charge in [-0.05, 0) is 37.3 Å². The Morgan fingerprint density at radius 3 is 2.54 bits per heavy atom. The standard InChI is InChI=1S/C19H19ClN2O4/c1-12(23)13-4-3-5-15(10-13)22-18(24)8-9-21-17-11-14(19(25)26-2)6-7-16(17)20/h3-7,10-11,21H,8-9H2,1-2H3,(H,22,24). The summed E-state index contributed by atoms with van der Waals surface area (Å²) in [6, 6.07) is 11.5. The second-order valence-electron chi connectivity index (χ2n) is 5.55. The molecule has 0 atom stereocenters. The van der Waals surface area contributed by atoms with Gasteiger partial charge in [0, 0.05) is 24.2 Å². The number of nitrogens with one attached hydrogen (secondary N) is 2. The molecule has 0 aliphatic carbocycles. The minimum atomic E-state index is -0.465. The molecule has 0 spiro atoms. The molecule has 0 aliphatic rings. The summed E-state index contributed by atoms with van der Waals surface area (Å²) in [7, 11) is 1.30. The molecule has 0 fully saturated rings. The summed E-state index contributed by atoms with van der Waals surface area (Å²) in [5, 5.41) is 6.20. The highest BCUT2D eigenvalue weighted by atomic mass is 35.5. The van der Waals surface area contributed by atoms with Crippen molar-refractivity contribution in [3.63, 3.8) is 0 Å². The summed E-state index contributed by atoms with van der Waals surface area (Å²) in [5.74, 6) is -0.742. The maximum atomic E-state index is 12.0. The van der Waals surface area contributed by atoms with Crippen molar-refractivity contribution in [1.82, 2.24) is 0 Å². The molecule has 26 heavy (non-hydrogen) atoms. The van der Waals surface area contributed by atoms with Crippen LogP contribution in [-0.4, -0.2) is 31.3 Å². The van der Waals surface area contributed by atoms with E-state index in [-0.39, 0.29) is 18.1 Å². The van der Waals surface area contributed by atoms with Gasteiger partial charge in [0.05, 0.1) is 23.4 Å². The van der Waals surface area contributed by atoms with Crippen LogP contribution in [0.3, 0.4) is 0 Å². The molecule has 2 aromatic carbocycles. The van der Waals surface area contributed by atoms with Gasteiger partial charge in [0.15, 0.2) is 5.78 Å². The number of rotatable bonds is 7. The Bertz CT molecular complexity index is 836. The van der Waals surface area contributed by atoms with Crippen molar-refractivity contribution < 1.29 is 19.1 Å². The normalized spacial score (nSPS) is 10.1. The molecular formula is C19H19ClN2O4. The highest BCUT2D eigenvalue weighted by molar-refractivity contribution is 6.33. The number of hydrogen-bond donors (Lipinski definition) is 2. The Balaban J connectivity index is 1.91. The van der Waals surface area contributed by atoms with Gasteiger partial charge in [0.1, 0.15) is 0 Å². The molecule has 0 radical (unpaired) electrons. The van der Waals surface area contributed by atoms with Crippen molar-refractivity contribution >= 4 is 40.6 Å². The van der Waals surface area contributed by atoms with E-state index < -0.39 is 5.97 Å². The number of benzene rings is 2. The number of carbonyl (C=O) groups is 3. The minimum absolute atomic E-state index is 0.0668. The van der Waals surface area contributed by atoms with Gasteiger partial charge in [-0.15, -0.1) is 0 Å². The molecule has 2 N–H and O–H groups in total. The summed E-state index contributed by atoms with van der Waals surface area (Å²) in [6.07, 6.45) is 0.184. The quantitative estimate of drug-likeness (QED) is 0.569. The Morgan fingerprint density at radius 1 is 1.08 bits per heavy atom. The zero-order chi connectivity index (χ0) is 19.1. The summed E-state index contributed by atoms with van der Waals surface area (Å²) in [5.41, 5.74) is 2.01. The van der Waals surface area contributed by atoms with Crippen molar-refractivity contribution in [2.75, 3.05) is 24.3 Å². The average Bonchev–Trinajstić information content (AvgIpc) is 2.62. The van der Waals surface area contributed by atoms with E-state index in [1.54, 1.807) is 42.5 Å². The lowest BCUT2D eigenvalue weighted by atomic mass is 10.1. The highest BCUT2D eigenvalue weighted by Crippen LogP contribution is 2.23. The molecule has 2 aromatic rings. The number of esters is 1. The lowest BCUT2D eigenvalue weighted by Gasteiger charge is -2.10. The van der Waals surface area contributed by atoms with E-state index in [2.05, 4.69) is 15.4 Å². The van der Waals surface area contributed by atoms with Gasteiger partial charge < -0.3 is 15.4 Å². The van der Waals surface area contributed by atoms with Crippen molar-refractivity contribution in [2.24, 2.45) is 0 Å². The second kappa shape index (κ2) is 9.01. The largest absolute Gasteiger partial charge is 0.465 e. The summed E-state index contributed by atoms with van der Waals surface area (Å²) in [4.78, 5) is 35.0. The highest BCUT2D eigenvalue weighted by Gasteiger charge is 2.10. The molecule has 0 aliphatic heterocycles.